The van der Waals surface area contributed by atoms with Gasteiger partial charge in [0.25, 0.3) is 0 Å². The fourth-order valence-corrected chi connectivity index (χ4v) is 4.84. The molecule has 7 heteroatoms. The van der Waals surface area contributed by atoms with E-state index in [-0.39, 0.29) is 42.0 Å². The Hall–Kier alpha value is -2.57. The number of nitrogens with one attached hydrogen (secondary N) is 1. The molecule has 2 aromatic carbocycles. The Morgan fingerprint density at radius 3 is 2.59 bits per heavy atom. The number of nitrogens with zero attached hydrogens (tertiary/aromatic N) is 1. The van der Waals surface area contributed by atoms with Crippen LogP contribution in [0.1, 0.15) is 44.2 Å². The highest BCUT2D eigenvalue weighted by atomic mass is 35.5. The number of halogens is 1. The van der Waals surface area contributed by atoms with Crippen LogP contribution < -0.4 is 11.1 Å². The summed E-state index contributed by atoms with van der Waals surface area (Å²) >= 11 is 0. The van der Waals surface area contributed by atoms with Crippen LogP contribution in [-0.4, -0.2) is 48.0 Å². The third-order valence-electron chi connectivity index (χ3n) is 7.15. The second-order valence-electron chi connectivity index (χ2n) is 9.63. The predicted octanol–water partition coefficient (Wildman–Crippen LogP) is 3.65. The van der Waals surface area contributed by atoms with E-state index in [1.165, 1.54) is 5.56 Å². The van der Waals surface area contributed by atoms with Gasteiger partial charge in [-0.2, -0.15) is 0 Å². The van der Waals surface area contributed by atoms with E-state index < -0.39 is 0 Å². The maximum atomic E-state index is 13.1. The van der Waals surface area contributed by atoms with Crippen LogP contribution in [0.4, 0.5) is 0 Å². The van der Waals surface area contributed by atoms with Gasteiger partial charge in [0.15, 0.2) is 0 Å². The van der Waals surface area contributed by atoms with Crippen LogP contribution in [-0.2, 0) is 21.4 Å². The first-order valence-electron chi connectivity index (χ1n) is 11.9. The summed E-state index contributed by atoms with van der Waals surface area (Å²) in [6.07, 6.45) is 2.48. The highest BCUT2D eigenvalue weighted by Gasteiger charge is 2.39. The summed E-state index contributed by atoms with van der Waals surface area (Å²) in [7, 11) is 0. The minimum absolute atomic E-state index is 0. The lowest BCUT2D eigenvalue weighted by Crippen LogP contribution is -2.50. The highest BCUT2D eigenvalue weighted by molar-refractivity contribution is 5.85. The van der Waals surface area contributed by atoms with E-state index in [9.17, 15) is 14.7 Å². The topological polar surface area (TPSA) is 95.7 Å². The monoisotopic (exact) mass is 487 g/mol. The van der Waals surface area contributed by atoms with Gasteiger partial charge in [0.05, 0.1) is 5.92 Å². The fourth-order valence-electron chi connectivity index (χ4n) is 4.84. The van der Waals surface area contributed by atoms with E-state index in [0.29, 0.717) is 37.6 Å². The van der Waals surface area contributed by atoms with Crippen molar-refractivity contribution in [2.45, 2.75) is 44.9 Å². The number of carbonyl (C=O) groups is 2. The second-order valence-corrected chi connectivity index (χ2v) is 9.63. The molecule has 1 heterocycles. The van der Waals surface area contributed by atoms with Crippen molar-refractivity contribution in [3.63, 3.8) is 0 Å². The van der Waals surface area contributed by atoms with Gasteiger partial charge < -0.3 is 21.1 Å². The van der Waals surface area contributed by atoms with Crippen LogP contribution >= 0.6 is 12.4 Å². The normalized spacial score (nSPS) is 21.3. The molecule has 6 nitrogen and oxygen atoms in total. The number of nitrogens with two attached hydrogens (primary N) is 1. The third-order valence-corrected chi connectivity index (χ3v) is 7.15. The number of piperidine rings is 1. The lowest BCUT2D eigenvalue weighted by Gasteiger charge is -2.45. The van der Waals surface area contributed by atoms with Gasteiger partial charge in [-0.15, -0.1) is 12.4 Å². The summed E-state index contributed by atoms with van der Waals surface area (Å²) in [4.78, 5) is 26.4. The second kappa shape index (κ2) is 12.8. The minimum Gasteiger partial charge on any atom is -0.508 e. The molecule has 186 valence electrons. The summed E-state index contributed by atoms with van der Waals surface area (Å²) in [5.74, 6) is 0.195. The molecule has 1 aliphatic rings. The number of carbonyl (C=O) groups excluding carboxylic acids is 2. The van der Waals surface area contributed by atoms with Crippen LogP contribution in [0.15, 0.2) is 54.6 Å². The van der Waals surface area contributed by atoms with E-state index in [1.807, 2.05) is 30.3 Å². The van der Waals surface area contributed by atoms with Crippen molar-refractivity contribution in [3.05, 3.63) is 65.7 Å². The Morgan fingerprint density at radius 1 is 1.21 bits per heavy atom. The van der Waals surface area contributed by atoms with E-state index in [2.05, 4.69) is 42.3 Å². The summed E-state index contributed by atoms with van der Waals surface area (Å²) in [5, 5.41) is 13.0. The van der Waals surface area contributed by atoms with E-state index in [0.717, 1.165) is 25.1 Å². The maximum Gasteiger partial charge on any atom is 0.224 e. The number of rotatable bonds is 10. The Kier molecular flexibility index (Phi) is 10.4. The third kappa shape index (κ3) is 7.47. The van der Waals surface area contributed by atoms with Crippen molar-refractivity contribution in [2.75, 3.05) is 26.2 Å². The van der Waals surface area contributed by atoms with Crippen molar-refractivity contribution >= 4 is 24.2 Å². The number of phenolic OH excluding ortho intramolecular Hbond substituents is 1. The first kappa shape index (κ1) is 27.7. The molecule has 0 bridgehead atoms. The molecular weight excluding hydrogens is 450 g/mol. The first-order valence-corrected chi connectivity index (χ1v) is 11.9. The molecule has 3 rings (SSSR count). The fraction of sp³-hybridized carbons (Fsp3) is 0.481. The molecule has 34 heavy (non-hydrogen) atoms. The molecular formula is C27H38ClN3O3. The highest BCUT2D eigenvalue weighted by Crippen LogP contribution is 2.40. The van der Waals surface area contributed by atoms with Crippen LogP contribution in [0, 0.1) is 11.8 Å². The molecule has 0 aromatic heterocycles. The molecule has 1 aliphatic heterocycles. The van der Waals surface area contributed by atoms with Gasteiger partial charge in [-0.25, -0.2) is 0 Å². The van der Waals surface area contributed by atoms with Gasteiger partial charge >= 0.3 is 0 Å². The lowest BCUT2D eigenvalue weighted by atomic mass is 9.68. The summed E-state index contributed by atoms with van der Waals surface area (Å²) in [6, 6.07) is 17.7. The van der Waals surface area contributed by atoms with E-state index >= 15 is 0 Å². The van der Waals surface area contributed by atoms with Gasteiger partial charge in [0.2, 0.25) is 11.8 Å². The molecule has 0 aliphatic carbocycles. The average molecular weight is 488 g/mol. The number of hydrogen-bond donors (Lipinski definition) is 3. The van der Waals surface area contributed by atoms with Crippen LogP contribution in [0.25, 0.3) is 0 Å². The van der Waals surface area contributed by atoms with Crippen LogP contribution in [0.2, 0.25) is 0 Å². The first-order chi connectivity index (χ1) is 15.8. The van der Waals surface area contributed by atoms with E-state index in [1.54, 1.807) is 6.07 Å². The summed E-state index contributed by atoms with van der Waals surface area (Å²) < 4.78 is 0. The maximum absolute atomic E-state index is 13.1. The molecule has 0 saturated carbocycles. The smallest absolute Gasteiger partial charge is 0.224 e. The molecule has 1 fully saturated rings. The molecule has 4 N–H and O–H groups in total. The number of amides is 2. The number of hydrogen-bond acceptors (Lipinski definition) is 4. The van der Waals surface area contributed by atoms with Crippen molar-refractivity contribution in [3.8, 4) is 5.75 Å². The van der Waals surface area contributed by atoms with E-state index in [4.69, 9.17) is 5.73 Å². The molecule has 0 spiro atoms. The molecule has 3 unspecified atom stereocenters. The Bertz CT molecular complexity index is 940. The zero-order valence-corrected chi connectivity index (χ0v) is 21.0. The SMILES string of the molecule is CC1CN(CC(Cc2ccccc2)C(=O)NCCCC(N)=O)CCC1(C)c1cccc(O)c1.Cl. The lowest BCUT2D eigenvalue weighted by molar-refractivity contribution is -0.126. The number of primary amides is 1. The number of phenols is 1. The van der Waals surface area contributed by atoms with Crippen LogP contribution in [0.3, 0.4) is 0 Å². The van der Waals surface area contributed by atoms with Crippen molar-refractivity contribution in [2.24, 2.45) is 17.6 Å². The van der Waals surface area contributed by atoms with Gasteiger partial charge in [0, 0.05) is 26.1 Å². The molecule has 0 radical (unpaired) electrons. The number of aromatic hydroxyl groups is 1. The molecule has 1 saturated heterocycles. The van der Waals surface area contributed by atoms with Crippen molar-refractivity contribution < 1.29 is 14.7 Å². The zero-order valence-electron chi connectivity index (χ0n) is 20.2. The van der Waals surface area contributed by atoms with Crippen LogP contribution in [0.5, 0.6) is 5.75 Å². The Balaban J connectivity index is 0.00000408. The molecule has 3 atom stereocenters. The predicted molar refractivity (Wildman–Crippen MR) is 138 cm³/mol. The summed E-state index contributed by atoms with van der Waals surface area (Å²) in [5.41, 5.74) is 7.51. The van der Waals surface area contributed by atoms with Gasteiger partial charge in [-0.1, -0.05) is 56.3 Å². The van der Waals surface area contributed by atoms with Crippen molar-refractivity contribution in [1.82, 2.24) is 10.2 Å². The zero-order chi connectivity index (χ0) is 23.8. The molecule has 2 amide bonds. The average Bonchev–Trinajstić information content (AvgIpc) is 2.79. The minimum atomic E-state index is -0.345. The summed E-state index contributed by atoms with van der Waals surface area (Å²) in [6.45, 7) is 7.47. The number of likely N-dealkylation sites (tertiary alicyclic amines) is 1. The van der Waals surface area contributed by atoms with Crippen molar-refractivity contribution in [1.29, 1.82) is 0 Å². The standard InChI is InChI=1S/C27H37N3O3.ClH/c1-20-18-30(15-13-27(20,2)23-10-6-11-24(31)17-23)19-22(16-21-8-4-3-5-9-21)26(33)29-14-7-12-25(28)32;/h3-6,8-11,17,20,22,31H,7,12-16,18-19H2,1-2H3,(H2,28,32)(H,29,33);1H. The quantitative estimate of drug-likeness (QED) is 0.446. The van der Waals surface area contributed by atoms with Gasteiger partial charge in [0.1, 0.15) is 5.75 Å². The number of benzene rings is 2. The molecule has 2 aromatic rings. The Morgan fingerprint density at radius 2 is 1.94 bits per heavy atom. The van der Waals surface area contributed by atoms with Gasteiger partial charge in [-0.3, -0.25) is 9.59 Å². The largest absolute Gasteiger partial charge is 0.508 e. The Labute approximate surface area is 209 Å². The van der Waals surface area contributed by atoms with Gasteiger partial charge in [-0.05, 0) is 60.4 Å².